The molecule has 1 aliphatic carbocycles. The van der Waals surface area contributed by atoms with Crippen LogP contribution in [0.4, 0.5) is 28.9 Å². The summed E-state index contributed by atoms with van der Waals surface area (Å²) in [6.07, 6.45) is -2.49. The van der Waals surface area contributed by atoms with E-state index in [4.69, 9.17) is 10.5 Å². The number of carbonyl (C=O) groups excluding carboxylic acids is 2. The monoisotopic (exact) mass is 591 g/mol. The van der Waals surface area contributed by atoms with Crippen LogP contribution in [0.25, 0.3) is 0 Å². The van der Waals surface area contributed by atoms with Crippen molar-refractivity contribution in [2.45, 2.75) is 31.1 Å². The smallest absolute Gasteiger partial charge is 0.418 e. The van der Waals surface area contributed by atoms with Crippen molar-refractivity contribution in [3.05, 3.63) is 63.4 Å². The van der Waals surface area contributed by atoms with Gasteiger partial charge in [0, 0.05) is 4.08 Å². The fourth-order valence-corrected chi connectivity index (χ4v) is 4.48. The number of benzene rings is 1. The Morgan fingerprint density at radius 2 is 1.97 bits per heavy atom. The lowest BCUT2D eigenvalue weighted by Gasteiger charge is -2.17. The molecule has 2 heterocycles. The van der Waals surface area contributed by atoms with E-state index in [1.54, 1.807) is 4.08 Å². The zero-order chi connectivity index (χ0) is 24.5. The van der Waals surface area contributed by atoms with E-state index in [1.807, 2.05) is 0 Å². The lowest BCUT2D eigenvalue weighted by atomic mass is 10.1. The fourth-order valence-electron chi connectivity index (χ4n) is 3.12. The fraction of sp³-hybridized carbons (Fsp3) is 0.238. The highest BCUT2D eigenvalue weighted by Gasteiger charge is 2.51. The first-order valence-corrected chi connectivity index (χ1v) is 12.2. The van der Waals surface area contributed by atoms with Gasteiger partial charge in [-0.25, -0.2) is 4.39 Å². The highest BCUT2D eigenvalue weighted by Crippen LogP contribution is 2.37. The molecule has 1 fully saturated rings. The number of nitrogens with zero attached hydrogens (tertiary/aromatic N) is 1. The van der Waals surface area contributed by atoms with Crippen molar-refractivity contribution in [2.75, 3.05) is 5.32 Å². The zero-order valence-electron chi connectivity index (χ0n) is 17.3. The molecule has 0 spiro atoms. The van der Waals surface area contributed by atoms with Gasteiger partial charge in [0.15, 0.2) is 5.76 Å². The number of hydrogen-bond donors (Lipinski definition) is 4. The van der Waals surface area contributed by atoms with Gasteiger partial charge in [0.1, 0.15) is 11.4 Å². The van der Waals surface area contributed by atoms with Gasteiger partial charge in [-0.2, -0.15) is 13.2 Å². The third-order valence-electron chi connectivity index (χ3n) is 5.05. The number of anilines is 2. The molecule has 1 aromatic carbocycles. The van der Waals surface area contributed by atoms with Crippen LogP contribution in [0.15, 0.2) is 46.4 Å². The third-order valence-corrected chi connectivity index (χ3v) is 6.76. The van der Waals surface area contributed by atoms with E-state index in [-0.39, 0.29) is 29.6 Å². The van der Waals surface area contributed by atoms with Crippen molar-refractivity contribution in [2.24, 2.45) is 5.73 Å². The van der Waals surface area contributed by atoms with E-state index in [0.29, 0.717) is 28.4 Å². The van der Waals surface area contributed by atoms with E-state index >= 15 is 0 Å². The number of amides is 2. The standard InChI is InChI=1S/C21H18F4IN5O3/c22-11-1-4-15(14(7-11)21(23,24)25)30-13-3-2-12(28-10-13)9-29-18(33)20(5-6-20)31-17(32)16-8-26-19(27)34-16/h1-4,7-8,10,30H,5-6,9,27H2,(H,29,33)(H,31,32). The number of pyridine rings is 1. The summed E-state index contributed by atoms with van der Waals surface area (Å²) in [7, 11) is 0. The molecule has 0 radical (unpaired) electrons. The molecule has 0 bridgehead atoms. The first-order valence-electron chi connectivity index (χ1n) is 9.89. The maximum absolute atomic E-state index is 13.3. The van der Waals surface area contributed by atoms with Crippen LogP contribution in [-0.4, -0.2) is 26.2 Å². The second kappa shape index (κ2) is 9.29. The number of hydrogen-bond acceptors (Lipinski definition) is 6. The molecule has 1 saturated carbocycles. The average Bonchev–Trinajstić information content (AvgIpc) is 3.44. The van der Waals surface area contributed by atoms with Crippen molar-refractivity contribution in [1.82, 2.24) is 15.6 Å². The number of halogens is 5. The molecular weight excluding hydrogens is 573 g/mol. The Hall–Kier alpha value is -3.07. The minimum atomic E-state index is -4.73. The SMILES string of the molecule is NC1=IC=C(C(=O)NC2(C(=O)NCc3ccc(Nc4ccc(F)cc4C(F)(F)F)cn3)CC2)O1. The van der Waals surface area contributed by atoms with Gasteiger partial charge in [0.05, 0.1) is 35.4 Å². The van der Waals surface area contributed by atoms with Crippen LogP contribution in [0.5, 0.6) is 0 Å². The number of rotatable bonds is 7. The second-order valence-electron chi connectivity index (χ2n) is 7.56. The summed E-state index contributed by atoms with van der Waals surface area (Å²) in [6, 6.07) is 5.34. The van der Waals surface area contributed by atoms with Crippen molar-refractivity contribution < 1.29 is 31.9 Å². The zero-order valence-corrected chi connectivity index (χ0v) is 19.5. The van der Waals surface area contributed by atoms with Crippen molar-refractivity contribution in [3.63, 3.8) is 0 Å². The summed E-state index contributed by atoms with van der Waals surface area (Å²) in [5.74, 6) is -1.77. The van der Waals surface area contributed by atoms with Crippen molar-refractivity contribution >= 4 is 47.7 Å². The van der Waals surface area contributed by atoms with Crippen LogP contribution in [0.2, 0.25) is 0 Å². The van der Waals surface area contributed by atoms with Gasteiger partial charge in [-0.05, 0) is 63.9 Å². The summed E-state index contributed by atoms with van der Waals surface area (Å²) in [4.78, 5) is 29.0. The number of nitrogens with two attached hydrogens (primary N) is 1. The lowest BCUT2D eigenvalue weighted by molar-refractivity contribution is -0.137. The molecular formula is C21H18F4IN5O3. The maximum atomic E-state index is 13.3. The Balaban J connectivity index is 1.33. The number of ether oxygens (including phenoxy) is 1. The number of alkyl halides is 3. The molecule has 0 atom stereocenters. The number of aromatic nitrogens is 1. The van der Waals surface area contributed by atoms with E-state index in [0.717, 1.165) is 12.1 Å². The predicted molar refractivity (Wildman–Crippen MR) is 123 cm³/mol. The van der Waals surface area contributed by atoms with Crippen LogP contribution < -0.4 is 21.7 Å². The summed E-state index contributed by atoms with van der Waals surface area (Å²) >= 11 is -0.636. The number of carbonyl (C=O) groups is 2. The highest BCUT2D eigenvalue weighted by molar-refractivity contribution is 14.2. The minimum Gasteiger partial charge on any atom is -0.435 e. The van der Waals surface area contributed by atoms with Gasteiger partial charge >= 0.3 is 6.18 Å². The molecule has 34 heavy (non-hydrogen) atoms. The van der Waals surface area contributed by atoms with Gasteiger partial charge in [-0.1, -0.05) is 0 Å². The predicted octanol–water partition coefficient (Wildman–Crippen LogP) is 3.14. The minimum absolute atomic E-state index is 0.0481. The third kappa shape index (κ3) is 5.52. The molecule has 2 amide bonds. The molecule has 1 aliphatic heterocycles. The van der Waals surface area contributed by atoms with Crippen molar-refractivity contribution in [1.29, 1.82) is 0 Å². The van der Waals surface area contributed by atoms with E-state index < -0.39 is 49.7 Å². The van der Waals surface area contributed by atoms with E-state index in [2.05, 4.69) is 20.9 Å². The molecule has 0 saturated heterocycles. The largest absolute Gasteiger partial charge is 0.435 e. The van der Waals surface area contributed by atoms with Crippen LogP contribution >= 0.6 is 20.7 Å². The van der Waals surface area contributed by atoms with Gasteiger partial charge in [-0.15, -0.1) is 0 Å². The first-order chi connectivity index (χ1) is 16.1. The summed E-state index contributed by atoms with van der Waals surface area (Å²) in [5, 5.41) is 7.95. The van der Waals surface area contributed by atoms with Gasteiger partial charge < -0.3 is 20.7 Å². The normalized spacial score (nSPS) is 16.4. The lowest BCUT2D eigenvalue weighted by Crippen LogP contribution is -2.49. The quantitative estimate of drug-likeness (QED) is 0.291. The molecule has 8 nitrogen and oxygen atoms in total. The topological polar surface area (TPSA) is 118 Å². The van der Waals surface area contributed by atoms with Crippen LogP contribution in [0.1, 0.15) is 24.1 Å². The molecule has 5 N–H and O–H groups in total. The summed E-state index contributed by atoms with van der Waals surface area (Å²) in [6.45, 7) is 0.0481. The van der Waals surface area contributed by atoms with Crippen LogP contribution in [0.3, 0.4) is 0 Å². The Bertz CT molecular complexity index is 1190. The maximum Gasteiger partial charge on any atom is 0.418 e. The van der Waals surface area contributed by atoms with E-state index in [9.17, 15) is 27.2 Å². The second-order valence-corrected chi connectivity index (χ2v) is 9.87. The molecule has 0 unspecified atom stereocenters. The van der Waals surface area contributed by atoms with Crippen molar-refractivity contribution in [3.8, 4) is 0 Å². The Morgan fingerprint density at radius 3 is 2.56 bits per heavy atom. The average molecular weight is 591 g/mol. The summed E-state index contributed by atoms with van der Waals surface area (Å²) < 4.78 is 59.8. The van der Waals surface area contributed by atoms with Crippen LogP contribution in [0, 0.1) is 5.82 Å². The molecule has 1 aromatic heterocycles. The van der Waals surface area contributed by atoms with Gasteiger partial charge in [0.2, 0.25) is 9.73 Å². The van der Waals surface area contributed by atoms with E-state index in [1.165, 1.54) is 18.3 Å². The molecule has 4 rings (SSSR count). The Labute approximate surface area is 200 Å². The Morgan fingerprint density at radius 1 is 1.21 bits per heavy atom. The molecule has 2 aromatic rings. The van der Waals surface area contributed by atoms with Gasteiger partial charge in [0.25, 0.3) is 5.91 Å². The first kappa shape index (κ1) is 24.1. The molecule has 2 aliphatic rings. The highest BCUT2D eigenvalue weighted by atomic mass is 127. The van der Waals surface area contributed by atoms with Crippen LogP contribution in [-0.2, 0) is 27.0 Å². The van der Waals surface area contributed by atoms with Gasteiger partial charge in [-0.3, -0.25) is 20.3 Å². The Kier molecular flexibility index (Phi) is 6.58. The molecule has 13 heteroatoms. The molecule has 180 valence electrons. The summed E-state index contributed by atoms with van der Waals surface area (Å²) in [5.41, 5.74) is 3.79. The number of nitrogens with one attached hydrogen (secondary N) is 3.